The number of hydrogen-bond donors (Lipinski definition) is 0. The molecule has 2 heterocycles. The van der Waals surface area contributed by atoms with Crippen molar-refractivity contribution in [1.82, 2.24) is 4.90 Å². The Balaban J connectivity index is 1.71. The third-order valence-electron chi connectivity index (χ3n) is 4.01. The van der Waals surface area contributed by atoms with Crippen LogP contribution in [-0.2, 0) is 0 Å². The van der Waals surface area contributed by atoms with Gasteiger partial charge in [-0.2, -0.15) is 0 Å². The highest BCUT2D eigenvalue weighted by atomic mass is 35.5. The summed E-state index contributed by atoms with van der Waals surface area (Å²) >= 11 is 6.17. The monoisotopic (exact) mass is 295 g/mol. The molecule has 1 aromatic rings. The molecule has 0 saturated carbocycles. The average molecular weight is 296 g/mol. The summed E-state index contributed by atoms with van der Waals surface area (Å²) in [5, 5.41) is 0.435. The molecule has 2 aliphatic heterocycles. The first-order valence-corrected chi connectivity index (χ1v) is 7.36. The Morgan fingerprint density at radius 1 is 1.30 bits per heavy atom. The van der Waals surface area contributed by atoms with Gasteiger partial charge in [0, 0.05) is 11.6 Å². The van der Waals surface area contributed by atoms with E-state index in [1.165, 1.54) is 0 Å². The highest BCUT2D eigenvalue weighted by Crippen LogP contribution is 2.37. The van der Waals surface area contributed by atoms with Crippen molar-refractivity contribution in [1.29, 1.82) is 0 Å². The lowest BCUT2D eigenvalue weighted by Gasteiger charge is -2.29. The summed E-state index contributed by atoms with van der Waals surface area (Å²) in [5.41, 5.74) is 0.523. The summed E-state index contributed by atoms with van der Waals surface area (Å²) < 4.78 is 10.5. The van der Waals surface area contributed by atoms with Gasteiger partial charge in [-0.05, 0) is 37.9 Å². The minimum absolute atomic E-state index is 0.0443. The van der Waals surface area contributed by atoms with Crippen molar-refractivity contribution in [3.05, 3.63) is 22.7 Å². The van der Waals surface area contributed by atoms with Crippen molar-refractivity contribution in [3.8, 4) is 11.5 Å². The smallest absolute Gasteiger partial charge is 0.231 e. The second-order valence-corrected chi connectivity index (χ2v) is 5.97. The molecule has 20 heavy (non-hydrogen) atoms. The molecule has 0 aromatic heterocycles. The Labute approximate surface area is 123 Å². The Morgan fingerprint density at radius 2 is 1.95 bits per heavy atom. The molecule has 0 amide bonds. The topological polar surface area (TPSA) is 38.8 Å². The van der Waals surface area contributed by atoms with Gasteiger partial charge in [0.15, 0.2) is 17.3 Å². The summed E-state index contributed by atoms with van der Waals surface area (Å²) in [6.07, 6.45) is 2.31. The number of hydrogen-bond acceptors (Lipinski definition) is 4. The molecule has 2 aliphatic rings. The van der Waals surface area contributed by atoms with Gasteiger partial charge >= 0.3 is 0 Å². The molecule has 5 heteroatoms. The Bertz CT molecular complexity index is 524. The first-order chi connectivity index (χ1) is 9.63. The van der Waals surface area contributed by atoms with Crippen LogP contribution in [0.1, 0.15) is 30.1 Å². The summed E-state index contributed by atoms with van der Waals surface area (Å²) in [6.45, 7) is 4.83. The number of carbonyl (C=O) groups excluding carboxylic acids is 1. The number of piperidine rings is 1. The zero-order valence-electron chi connectivity index (χ0n) is 11.5. The molecular formula is C15H18ClNO3. The molecule has 0 bridgehead atoms. The van der Waals surface area contributed by atoms with Crippen molar-refractivity contribution in [2.24, 2.45) is 5.92 Å². The van der Waals surface area contributed by atoms with E-state index in [0.717, 1.165) is 31.8 Å². The largest absolute Gasteiger partial charge is 0.454 e. The van der Waals surface area contributed by atoms with Crippen molar-refractivity contribution >= 4 is 17.4 Å². The molecule has 1 aromatic carbocycles. The first kappa shape index (κ1) is 13.7. The number of benzene rings is 1. The number of rotatable bonds is 3. The highest BCUT2D eigenvalue weighted by Gasteiger charge is 2.23. The number of carbonyl (C=O) groups is 1. The zero-order chi connectivity index (χ0) is 14.1. The van der Waals surface area contributed by atoms with Crippen LogP contribution in [0, 0.1) is 5.92 Å². The molecular weight excluding hydrogens is 278 g/mol. The molecule has 108 valence electrons. The number of halogens is 1. The van der Waals surface area contributed by atoms with E-state index >= 15 is 0 Å². The fourth-order valence-corrected chi connectivity index (χ4v) is 2.90. The van der Waals surface area contributed by atoms with Crippen LogP contribution in [0.5, 0.6) is 11.5 Å². The fraction of sp³-hybridized carbons (Fsp3) is 0.533. The van der Waals surface area contributed by atoms with E-state index in [1.54, 1.807) is 12.1 Å². The first-order valence-electron chi connectivity index (χ1n) is 6.98. The summed E-state index contributed by atoms with van der Waals surface area (Å²) in [4.78, 5) is 14.6. The number of Topliss-reactive ketones (excluding diaryl/α,β-unsaturated/α-hetero) is 1. The van der Waals surface area contributed by atoms with Crippen molar-refractivity contribution < 1.29 is 14.3 Å². The Hall–Kier alpha value is -1.26. The van der Waals surface area contributed by atoms with Crippen molar-refractivity contribution in [2.45, 2.75) is 19.8 Å². The third-order valence-corrected chi connectivity index (χ3v) is 4.32. The summed E-state index contributed by atoms with van der Waals surface area (Å²) in [6, 6.07) is 3.36. The molecule has 4 nitrogen and oxygen atoms in total. The number of likely N-dealkylation sites (tertiary alicyclic amines) is 1. The van der Waals surface area contributed by atoms with E-state index in [-0.39, 0.29) is 12.6 Å². The fourth-order valence-electron chi connectivity index (χ4n) is 2.64. The average Bonchev–Trinajstić information content (AvgIpc) is 2.87. The van der Waals surface area contributed by atoms with Crippen LogP contribution >= 0.6 is 11.6 Å². The molecule has 0 radical (unpaired) electrons. The van der Waals surface area contributed by atoms with E-state index in [0.29, 0.717) is 28.6 Å². The standard InChI is InChI=1S/C15H18ClNO3/c1-10-2-4-17(5-3-10)8-13(18)11-6-14-15(7-12(11)16)20-9-19-14/h6-7,10H,2-5,8-9H2,1H3. The van der Waals surface area contributed by atoms with Crippen molar-refractivity contribution in [2.75, 3.05) is 26.4 Å². The summed E-state index contributed by atoms with van der Waals surface area (Å²) in [5.74, 6) is 2.02. The van der Waals surface area contributed by atoms with Gasteiger partial charge in [0.25, 0.3) is 0 Å². The Kier molecular flexibility index (Phi) is 3.85. The maximum absolute atomic E-state index is 12.4. The van der Waals surface area contributed by atoms with E-state index in [2.05, 4.69) is 11.8 Å². The van der Waals surface area contributed by atoms with Gasteiger partial charge in [0.2, 0.25) is 6.79 Å². The molecule has 0 spiro atoms. The normalized spacial score (nSPS) is 19.3. The van der Waals surface area contributed by atoms with E-state index < -0.39 is 0 Å². The molecule has 0 aliphatic carbocycles. The van der Waals surface area contributed by atoms with Crippen LogP contribution in [0.2, 0.25) is 5.02 Å². The minimum atomic E-state index is 0.0443. The molecule has 3 rings (SSSR count). The van der Waals surface area contributed by atoms with E-state index in [4.69, 9.17) is 21.1 Å². The third kappa shape index (κ3) is 2.76. The Morgan fingerprint density at radius 3 is 2.65 bits per heavy atom. The van der Waals surface area contributed by atoms with Crippen LogP contribution < -0.4 is 9.47 Å². The lowest BCUT2D eigenvalue weighted by molar-refractivity contribution is 0.0899. The molecule has 0 N–H and O–H groups in total. The number of ketones is 1. The second kappa shape index (κ2) is 5.62. The minimum Gasteiger partial charge on any atom is -0.454 e. The second-order valence-electron chi connectivity index (χ2n) is 5.57. The predicted molar refractivity (Wildman–Crippen MR) is 76.7 cm³/mol. The van der Waals surface area contributed by atoms with Gasteiger partial charge < -0.3 is 9.47 Å². The van der Waals surface area contributed by atoms with Gasteiger partial charge in [-0.15, -0.1) is 0 Å². The predicted octanol–water partition coefficient (Wildman–Crippen LogP) is 2.98. The van der Waals surface area contributed by atoms with Gasteiger partial charge in [-0.3, -0.25) is 9.69 Å². The lowest BCUT2D eigenvalue weighted by Crippen LogP contribution is -2.36. The van der Waals surface area contributed by atoms with Crippen molar-refractivity contribution in [3.63, 3.8) is 0 Å². The van der Waals surface area contributed by atoms with Gasteiger partial charge in [0.1, 0.15) is 0 Å². The van der Waals surface area contributed by atoms with Crippen LogP contribution in [0.3, 0.4) is 0 Å². The maximum atomic E-state index is 12.4. The quantitative estimate of drug-likeness (QED) is 0.804. The van der Waals surface area contributed by atoms with Crippen LogP contribution in [-0.4, -0.2) is 37.1 Å². The van der Waals surface area contributed by atoms with Gasteiger partial charge in [0.05, 0.1) is 11.6 Å². The SMILES string of the molecule is CC1CCN(CC(=O)c2cc3c(cc2Cl)OCO3)CC1. The van der Waals surface area contributed by atoms with Crippen LogP contribution in [0.4, 0.5) is 0 Å². The zero-order valence-corrected chi connectivity index (χ0v) is 12.3. The van der Waals surface area contributed by atoms with Gasteiger partial charge in [-0.1, -0.05) is 18.5 Å². The highest BCUT2D eigenvalue weighted by molar-refractivity contribution is 6.34. The maximum Gasteiger partial charge on any atom is 0.231 e. The molecule has 1 fully saturated rings. The number of fused-ring (bicyclic) bond motifs is 1. The number of nitrogens with zero attached hydrogens (tertiary/aromatic N) is 1. The van der Waals surface area contributed by atoms with E-state index in [1.807, 2.05) is 0 Å². The van der Waals surface area contributed by atoms with Gasteiger partial charge in [-0.25, -0.2) is 0 Å². The van der Waals surface area contributed by atoms with Crippen LogP contribution in [0.25, 0.3) is 0 Å². The molecule has 1 saturated heterocycles. The lowest BCUT2D eigenvalue weighted by atomic mass is 9.98. The molecule has 0 unspecified atom stereocenters. The molecule has 0 atom stereocenters. The number of ether oxygens (including phenoxy) is 2. The van der Waals surface area contributed by atoms with E-state index in [9.17, 15) is 4.79 Å². The summed E-state index contributed by atoms with van der Waals surface area (Å²) in [7, 11) is 0. The van der Waals surface area contributed by atoms with Crippen LogP contribution in [0.15, 0.2) is 12.1 Å².